The maximum Gasteiger partial charge on any atom is 0.290 e. The van der Waals surface area contributed by atoms with Gasteiger partial charge in [0.2, 0.25) is 5.91 Å². The van der Waals surface area contributed by atoms with E-state index in [1.54, 1.807) is 42.5 Å². The number of aldehydes is 1. The summed E-state index contributed by atoms with van der Waals surface area (Å²) in [5.74, 6) is 0.618. The smallest absolute Gasteiger partial charge is 0.290 e. The maximum absolute atomic E-state index is 11.5. The maximum atomic E-state index is 11.5. The summed E-state index contributed by atoms with van der Waals surface area (Å²) in [6, 6.07) is 14.1. The topological polar surface area (TPSA) is 270 Å². The first-order valence-electron chi connectivity index (χ1n) is 17.0. The summed E-state index contributed by atoms with van der Waals surface area (Å²) in [6.45, 7) is 0.336. The molecule has 0 spiro atoms. The molecule has 6 amide bonds. The first-order valence-corrected chi connectivity index (χ1v) is 19.6. The van der Waals surface area contributed by atoms with Crippen LogP contribution in [0.1, 0.15) is 28.9 Å². The summed E-state index contributed by atoms with van der Waals surface area (Å²) in [6.07, 6.45) is 3.80. The third kappa shape index (κ3) is 17.9. The standard InChI is InChI=1S/C14H15NO6S.C11H14O5.C10H7NO4S.C3H3NO2S.CH4/c1-18-7-20-10-4-3-9(5-11(10)21-8-19-2)6-12-13(16)15-14(17)22-12;1-13-7-15-10-4-3-9(6-12)5-11(10)16-8-14-2;12-6-2-1-5(3-7(6)13)4-8-9(14)11-10(15)16-8;5-2-1-7-3(6)4-2;/h3-6H,7-8H2,1-2H3,(H,15,16,17);3-6H,7-8H2,1-2H3;1-4,12-13H,(H,11,14,15);1H2,(H,4,5,6);1H4/b12-6-;;8-4-;;. The highest BCUT2D eigenvalue weighted by molar-refractivity contribution is 8.18. The van der Waals surface area contributed by atoms with Crippen LogP contribution >= 0.6 is 35.3 Å². The van der Waals surface area contributed by atoms with Crippen molar-refractivity contribution in [3.05, 3.63) is 81.1 Å². The lowest BCUT2D eigenvalue weighted by Crippen LogP contribution is -2.18. The first kappa shape index (κ1) is 52.1. The van der Waals surface area contributed by atoms with Crippen LogP contribution in [0, 0.1) is 0 Å². The second-order valence-corrected chi connectivity index (χ2v) is 14.3. The molecule has 0 aliphatic carbocycles. The molecule has 0 unspecified atom stereocenters. The number of carbonyl (C=O) groups is 7. The molecule has 23 heteroatoms. The van der Waals surface area contributed by atoms with E-state index >= 15 is 0 Å². The average Bonchev–Trinajstić information content (AvgIpc) is 3.90. The summed E-state index contributed by atoms with van der Waals surface area (Å²) in [7, 11) is 6.06. The van der Waals surface area contributed by atoms with E-state index in [0.29, 0.717) is 50.3 Å². The number of carbonyl (C=O) groups excluding carboxylic acids is 7. The van der Waals surface area contributed by atoms with E-state index in [1.807, 2.05) is 0 Å². The van der Waals surface area contributed by atoms with E-state index in [1.165, 1.54) is 52.7 Å². The molecule has 62 heavy (non-hydrogen) atoms. The number of benzene rings is 3. The van der Waals surface area contributed by atoms with Crippen molar-refractivity contribution in [1.82, 2.24) is 16.0 Å². The predicted molar refractivity (Wildman–Crippen MR) is 229 cm³/mol. The number of ether oxygens (including phenoxy) is 8. The van der Waals surface area contributed by atoms with Gasteiger partial charge in [-0.15, -0.1) is 0 Å². The van der Waals surface area contributed by atoms with Gasteiger partial charge in [0.05, 0.1) is 15.6 Å². The highest BCUT2D eigenvalue weighted by atomic mass is 32.2. The largest absolute Gasteiger partial charge is 0.504 e. The summed E-state index contributed by atoms with van der Waals surface area (Å²) in [4.78, 5) is 76.2. The molecule has 6 rings (SSSR count). The zero-order valence-electron chi connectivity index (χ0n) is 32.7. The molecule has 0 saturated carbocycles. The Hall–Kier alpha value is -6.08. The number of methoxy groups -OCH3 is 4. The molecule has 20 nitrogen and oxygen atoms in total. The summed E-state index contributed by atoms with van der Waals surface area (Å²) >= 11 is 2.66. The molecule has 334 valence electrons. The van der Waals surface area contributed by atoms with E-state index in [-0.39, 0.29) is 67.4 Å². The number of thioether (sulfide) groups is 3. The number of rotatable bonds is 15. The Bertz CT molecular complexity index is 2120. The SMILES string of the molecule is C.COCOc1ccc(/C=C2\SC(=O)NC2=O)cc1OCOC.COCOc1ccc(C=O)cc1OCOC.O=C1CSC(=O)N1.O=C1NC(=O)/C(=C/c2ccc(O)c(O)c2)S1. The van der Waals surface area contributed by atoms with Crippen molar-refractivity contribution in [2.45, 2.75) is 7.43 Å². The van der Waals surface area contributed by atoms with Gasteiger partial charge in [-0.05, 0) is 89.3 Å². The van der Waals surface area contributed by atoms with Gasteiger partial charge in [0, 0.05) is 34.0 Å². The fourth-order valence-corrected chi connectivity index (χ4v) is 6.14. The number of hydrogen-bond acceptors (Lipinski definition) is 20. The van der Waals surface area contributed by atoms with Gasteiger partial charge in [-0.25, -0.2) is 0 Å². The van der Waals surface area contributed by atoms with Crippen molar-refractivity contribution >= 4 is 87.2 Å². The molecule has 3 aromatic rings. The van der Waals surface area contributed by atoms with Crippen LogP contribution in [0.2, 0.25) is 0 Å². The molecule has 5 N–H and O–H groups in total. The monoisotopic (exact) mass is 921 g/mol. The van der Waals surface area contributed by atoms with E-state index < -0.39 is 17.1 Å². The number of nitrogens with one attached hydrogen (secondary N) is 3. The minimum atomic E-state index is -0.456. The van der Waals surface area contributed by atoms with E-state index in [2.05, 4.69) is 16.0 Å². The average molecular weight is 922 g/mol. The molecule has 0 aromatic heterocycles. The van der Waals surface area contributed by atoms with Gasteiger partial charge in [0.25, 0.3) is 27.5 Å². The summed E-state index contributed by atoms with van der Waals surface area (Å²) < 4.78 is 40.6. The lowest BCUT2D eigenvalue weighted by Gasteiger charge is -2.12. The van der Waals surface area contributed by atoms with E-state index in [9.17, 15) is 38.7 Å². The van der Waals surface area contributed by atoms with Crippen molar-refractivity contribution in [2.24, 2.45) is 0 Å². The van der Waals surface area contributed by atoms with Crippen LogP contribution in [0.25, 0.3) is 12.2 Å². The summed E-state index contributed by atoms with van der Waals surface area (Å²) in [5, 5.41) is 23.7. The Morgan fingerprint density at radius 3 is 1.32 bits per heavy atom. The second-order valence-electron chi connectivity index (χ2n) is 11.3. The molecular formula is C39H43N3O17S3. The van der Waals surface area contributed by atoms with E-state index in [4.69, 9.17) is 43.0 Å². The molecule has 3 aliphatic rings. The fraction of sp³-hybridized carbons (Fsp3) is 0.256. The van der Waals surface area contributed by atoms with Crippen molar-refractivity contribution in [2.75, 3.05) is 61.4 Å². The van der Waals surface area contributed by atoms with Gasteiger partial charge < -0.3 is 48.1 Å². The van der Waals surface area contributed by atoms with Crippen molar-refractivity contribution < 1.29 is 81.7 Å². The molecule has 3 fully saturated rings. The van der Waals surface area contributed by atoms with Crippen molar-refractivity contribution in [3.8, 4) is 34.5 Å². The zero-order valence-corrected chi connectivity index (χ0v) is 35.2. The minimum Gasteiger partial charge on any atom is -0.504 e. The number of phenols is 2. The minimum absolute atomic E-state index is 0. The Morgan fingerprint density at radius 2 is 0.968 bits per heavy atom. The van der Waals surface area contributed by atoms with Crippen LogP contribution < -0.4 is 34.9 Å². The number of imide groups is 3. The third-order valence-electron chi connectivity index (χ3n) is 6.86. The Labute approximate surface area is 367 Å². The molecule has 3 heterocycles. The molecule has 0 radical (unpaired) electrons. The van der Waals surface area contributed by atoms with Crippen LogP contribution in [0.3, 0.4) is 0 Å². The number of aromatic hydroxyl groups is 2. The lowest BCUT2D eigenvalue weighted by molar-refractivity contribution is -0.117. The van der Waals surface area contributed by atoms with Gasteiger partial charge in [-0.2, -0.15) is 0 Å². The Kier molecular flexibility index (Phi) is 23.3. The highest BCUT2D eigenvalue weighted by Crippen LogP contribution is 2.33. The molecule has 3 saturated heterocycles. The van der Waals surface area contributed by atoms with E-state index in [0.717, 1.165) is 41.6 Å². The van der Waals surface area contributed by atoms with Crippen LogP contribution in [0.15, 0.2) is 64.4 Å². The molecule has 0 atom stereocenters. The van der Waals surface area contributed by atoms with Gasteiger partial charge >= 0.3 is 0 Å². The normalized spacial score (nSPS) is 15.1. The first-order chi connectivity index (χ1) is 29.3. The van der Waals surface area contributed by atoms with Gasteiger partial charge in [0.15, 0.2) is 61.7 Å². The van der Waals surface area contributed by atoms with Gasteiger partial charge in [-0.1, -0.05) is 31.3 Å². The predicted octanol–water partition coefficient (Wildman–Crippen LogP) is 5.47. The molecule has 3 aromatic carbocycles. The Morgan fingerprint density at radius 1 is 0.548 bits per heavy atom. The molecular weight excluding hydrogens is 879 g/mol. The number of hydrogen-bond donors (Lipinski definition) is 5. The fourth-order valence-electron chi connectivity index (χ4n) is 4.26. The number of amides is 6. The molecule has 3 aliphatic heterocycles. The van der Waals surface area contributed by atoms with Crippen molar-refractivity contribution in [1.29, 1.82) is 0 Å². The second kappa shape index (κ2) is 27.7. The van der Waals surface area contributed by atoms with Crippen LogP contribution in [-0.4, -0.2) is 111 Å². The molecule has 0 bridgehead atoms. The van der Waals surface area contributed by atoms with Crippen molar-refractivity contribution in [3.63, 3.8) is 0 Å². The van der Waals surface area contributed by atoms with Crippen LogP contribution in [0.4, 0.5) is 14.4 Å². The quantitative estimate of drug-likeness (QED) is 0.0547. The van der Waals surface area contributed by atoms with Gasteiger partial charge in [-0.3, -0.25) is 49.5 Å². The van der Waals surface area contributed by atoms with Gasteiger partial charge in [0.1, 0.15) is 6.29 Å². The van der Waals surface area contributed by atoms with Crippen LogP contribution in [-0.2, 0) is 33.3 Å². The van der Waals surface area contributed by atoms with Crippen LogP contribution in [0.5, 0.6) is 34.5 Å². The Balaban J connectivity index is 0.000000298. The lowest BCUT2D eigenvalue weighted by atomic mass is 10.2. The number of phenolic OH excluding ortho intramolecular Hbond substituents is 2. The zero-order chi connectivity index (χ0) is 44.7. The highest BCUT2D eigenvalue weighted by Gasteiger charge is 2.26. The summed E-state index contributed by atoms with van der Waals surface area (Å²) in [5.41, 5.74) is 1.74. The third-order valence-corrected chi connectivity index (χ3v) is 9.25.